The van der Waals surface area contributed by atoms with Crippen LogP contribution in [0.4, 0.5) is 0 Å². The van der Waals surface area contributed by atoms with Crippen LogP contribution in [0.25, 0.3) is 32.7 Å². The van der Waals surface area contributed by atoms with Crippen LogP contribution in [0.3, 0.4) is 0 Å². The molecule has 61 heavy (non-hydrogen) atoms. The molecular formula is C53H70N6O2. The first kappa shape index (κ1) is 40.8. The van der Waals surface area contributed by atoms with Crippen LogP contribution in [-0.4, -0.2) is 101 Å². The van der Waals surface area contributed by atoms with Crippen LogP contribution in [0, 0.1) is 24.7 Å². The number of H-pyrrole nitrogens is 1. The summed E-state index contributed by atoms with van der Waals surface area (Å²) >= 11 is 0. The van der Waals surface area contributed by atoms with Gasteiger partial charge in [-0.25, -0.2) is 0 Å². The van der Waals surface area contributed by atoms with E-state index in [1.807, 2.05) is 6.92 Å². The highest BCUT2D eigenvalue weighted by atomic mass is 16.5. The average Bonchev–Trinajstić information content (AvgIpc) is 3.95. The molecule has 0 saturated carbocycles. The van der Waals surface area contributed by atoms with Gasteiger partial charge in [0.2, 0.25) is 0 Å². The van der Waals surface area contributed by atoms with Gasteiger partial charge in [-0.2, -0.15) is 0 Å². The first-order valence-corrected chi connectivity index (χ1v) is 24.0. The minimum atomic E-state index is 0.716. The van der Waals surface area contributed by atoms with Gasteiger partial charge >= 0.3 is 0 Å². The average molecular weight is 823 g/mol. The molecular weight excluding hydrogens is 753 g/mol. The summed E-state index contributed by atoms with van der Waals surface area (Å²) in [4.78, 5) is 11.5. The van der Waals surface area contributed by atoms with E-state index in [2.05, 4.69) is 130 Å². The number of fused-ring (bicyclic) bond motifs is 12. The fourth-order valence-corrected chi connectivity index (χ4v) is 12.7. The maximum absolute atomic E-state index is 5.80. The van der Waals surface area contributed by atoms with Crippen molar-refractivity contribution in [3.63, 3.8) is 0 Å². The van der Waals surface area contributed by atoms with Gasteiger partial charge in [0.1, 0.15) is 11.5 Å². The lowest BCUT2D eigenvalue weighted by Crippen LogP contribution is -2.46. The molecule has 6 bridgehead atoms. The van der Waals surface area contributed by atoms with Gasteiger partial charge in [-0.3, -0.25) is 0 Å². The minimum Gasteiger partial charge on any atom is -0.494 e. The summed E-state index contributed by atoms with van der Waals surface area (Å²) in [5.41, 5.74) is 9.99. The maximum atomic E-state index is 5.80. The van der Waals surface area contributed by atoms with E-state index in [-0.39, 0.29) is 0 Å². The van der Waals surface area contributed by atoms with E-state index in [1.165, 1.54) is 136 Å². The Bertz CT molecular complexity index is 2440. The molecule has 9 fully saturated rings. The Morgan fingerprint density at radius 3 is 1.51 bits per heavy atom. The third-order valence-electron chi connectivity index (χ3n) is 15.9. The number of piperidine rings is 9. The van der Waals surface area contributed by atoms with E-state index >= 15 is 0 Å². The zero-order valence-electron chi connectivity index (χ0n) is 37.7. The second kappa shape index (κ2) is 17.5. The number of benzene rings is 3. The molecule has 1 N–H and O–H groups in total. The Balaban J connectivity index is 0.000000110. The van der Waals surface area contributed by atoms with Crippen molar-refractivity contribution < 1.29 is 9.47 Å². The Morgan fingerprint density at radius 2 is 1.05 bits per heavy atom. The maximum Gasteiger partial charge on any atom is 0.121 e. The number of hydrogen-bond acceptors (Lipinski definition) is 5. The molecule has 324 valence electrons. The zero-order valence-corrected chi connectivity index (χ0v) is 37.7. The van der Waals surface area contributed by atoms with Crippen molar-refractivity contribution in [3.05, 3.63) is 95.4 Å². The number of para-hydroxylation sites is 1. The lowest BCUT2D eigenvalue weighted by Gasteiger charge is -2.45. The van der Waals surface area contributed by atoms with Gasteiger partial charge in [0.15, 0.2) is 0 Å². The number of aryl methyl sites for hydroxylation is 3. The van der Waals surface area contributed by atoms with Crippen molar-refractivity contribution in [1.29, 1.82) is 0 Å². The summed E-state index contributed by atoms with van der Waals surface area (Å²) in [6.45, 7) is 19.6. The van der Waals surface area contributed by atoms with Gasteiger partial charge in [0, 0.05) is 103 Å². The summed E-state index contributed by atoms with van der Waals surface area (Å²) in [5.74, 6) is 6.83. The number of nitrogens with one attached hydrogen (secondary N) is 1. The fourth-order valence-electron chi connectivity index (χ4n) is 12.7. The quantitative estimate of drug-likeness (QED) is 0.166. The highest BCUT2D eigenvalue weighted by molar-refractivity contribution is 5.87. The Morgan fingerprint density at radius 1 is 0.574 bits per heavy atom. The van der Waals surface area contributed by atoms with Gasteiger partial charge in [-0.1, -0.05) is 25.1 Å². The predicted molar refractivity (Wildman–Crippen MR) is 252 cm³/mol. The summed E-state index contributed by atoms with van der Waals surface area (Å²) in [7, 11) is 4.32. The van der Waals surface area contributed by atoms with Gasteiger partial charge in [-0.05, 0) is 163 Å². The second-order valence-electron chi connectivity index (χ2n) is 19.5. The molecule has 9 aliphatic heterocycles. The molecule has 9 saturated heterocycles. The molecule has 9 aliphatic rings. The second-order valence-corrected chi connectivity index (χ2v) is 19.5. The molecule has 0 spiro atoms. The number of hydrogen-bond donors (Lipinski definition) is 1. The smallest absolute Gasteiger partial charge is 0.121 e. The Hall–Kier alpha value is -4.24. The van der Waals surface area contributed by atoms with Gasteiger partial charge in [-0.15, -0.1) is 0 Å². The van der Waals surface area contributed by atoms with E-state index in [0.29, 0.717) is 11.8 Å². The number of nitrogens with zero attached hydrogens (tertiary/aromatic N) is 5. The number of ether oxygens (including phenoxy) is 2. The van der Waals surface area contributed by atoms with Crippen LogP contribution in [0.1, 0.15) is 98.9 Å². The van der Waals surface area contributed by atoms with Crippen molar-refractivity contribution in [2.45, 2.75) is 83.5 Å². The predicted octanol–water partition coefficient (Wildman–Crippen LogP) is 10.4. The summed E-state index contributed by atoms with van der Waals surface area (Å²) in [6, 6.07) is 22.0. The van der Waals surface area contributed by atoms with Crippen molar-refractivity contribution >= 4 is 32.7 Å². The van der Waals surface area contributed by atoms with E-state index < -0.39 is 0 Å². The van der Waals surface area contributed by atoms with E-state index in [4.69, 9.17) is 9.47 Å². The minimum absolute atomic E-state index is 0.716. The molecule has 12 heterocycles. The molecule has 8 heteroatoms. The number of rotatable bonds is 8. The molecule has 0 amide bonds. The Kier molecular flexibility index (Phi) is 11.7. The first-order chi connectivity index (χ1) is 29.8. The molecule has 0 aliphatic carbocycles. The van der Waals surface area contributed by atoms with Crippen LogP contribution in [0.5, 0.6) is 11.5 Å². The monoisotopic (exact) mass is 823 g/mol. The lowest BCUT2D eigenvalue weighted by molar-refractivity contribution is 0.0874. The zero-order chi connectivity index (χ0) is 41.6. The van der Waals surface area contributed by atoms with Crippen LogP contribution in [-0.2, 0) is 14.1 Å². The van der Waals surface area contributed by atoms with Crippen molar-refractivity contribution in [3.8, 4) is 11.5 Å². The van der Waals surface area contributed by atoms with Crippen LogP contribution in [0.2, 0.25) is 0 Å². The number of aromatic amines is 1. The van der Waals surface area contributed by atoms with Gasteiger partial charge < -0.3 is 38.3 Å². The molecule has 3 aromatic heterocycles. The topological polar surface area (TPSA) is 53.8 Å². The molecule has 3 atom stereocenters. The van der Waals surface area contributed by atoms with E-state index in [1.54, 1.807) is 16.7 Å². The van der Waals surface area contributed by atoms with E-state index in [0.717, 1.165) is 54.8 Å². The molecule has 0 radical (unpaired) electrons. The molecule has 6 aromatic rings. The largest absolute Gasteiger partial charge is 0.494 e. The molecule has 8 nitrogen and oxygen atoms in total. The lowest BCUT2D eigenvalue weighted by atomic mass is 9.75. The third-order valence-corrected chi connectivity index (χ3v) is 15.9. The van der Waals surface area contributed by atoms with E-state index in [9.17, 15) is 0 Å². The first-order valence-electron chi connectivity index (χ1n) is 24.0. The Labute approximate surface area is 364 Å². The number of aromatic nitrogens is 3. The highest BCUT2D eigenvalue weighted by Gasteiger charge is 2.39. The van der Waals surface area contributed by atoms with Crippen molar-refractivity contribution in [1.82, 2.24) is 28.8 Å². The molecule has 3 aromatic carbocycles. The SMILES string of the molecule is CCCOc1ccc2c(C3CN4CCC3CC4)cn(C)c2c1.CCOc1ccc2c(C3CN4CCC3CC4)cn(C)c2c1.Cc1[nH]c2ccccc2c1C1CN2CCC1CC2. The summed E-state index contributed by atoms with van der Waals surface area (Å²) in [5, 5.41) is 4.29. The molecule has 15 rings (SSSR count). The van der Waals surface area contributed by atoms with Crippen LogP contribution < -0.4 is 9.47 Å². The van der Waals surface area contributed by atoms with Gasteiger partial charge in [0.05, 0.1) is 24.2 Å². The van der Waals surface area contributed by atoms with Crippen molar-refractivity contribution in [2.75, 3.05) is 72.1 Å². The summed E-state index contributed by atoms with van der Waals surface area (Å²) in [6.07, 6.45) is 14.0. The normalized spacial score (nSPS) is 28.8. The van der Waals surface area contributed by atoms with Gasteiger partial charge in [0.25, 0.3) is 0 Å². The standard InChI is InChI=1S/C19H26N2O.C18H24N2O.C16H20N2/c1-3-10-22-15-4-5-16-18(12-20(2)19(16)11-15)17-13-21-8-6-14(17)7-9-21;1-3-21-14-4-5-15-17(11-19(2)18(15)10-14)16-12-20-8-6-13(16)7-9-20;1-11-16(13-4-2-3-5-15(13)17-11)14-10-18-8-6-12(14)7-9-18/h4-5,11-12,14,17H,3,6-10,13H2,1-2H3;4-5,10-11,13,16H,3,6-9,12H2,1-2H3;2-5,12,14,17H,6-10H2,1H3. The summed E-state index contributed by atoms with van der Waals surface area (Å²) < 4.78 is 16.0. The van der Waals surface area contributed by atoms with Crippen molar-refractivity contribution in [2.24, 2.45) is 31.8 Å². The van der Waals surface area contributed by atoms with Crippen LogP contribution >= 0.6 is 0 Å². The molecule has 3 unspecified atom stereocenters. The highest BCUT2D eigenvalue weighted by Crippen LogP contribution is 2.45. The fraction of sp³-hybridized carbons (Fsp3) is 0.547. The third kappa shape index (κ3) is 8.02. The van der Waals surface area contributed by atoms with Crippen LogP contribution in [0.15, 0.2) is 73.1 Å².